The van der Waals surface area contributed by atoms with Gasteiger partial charge in [0.1, 0.15) is 0 Å². The molecular formula is C18H14Br2N2O2. The first-order chi connectivity index (χ1) is 11.5. The minimum atomic E-state index is -1.56. The van der Waals surface area contributed by atoms with E-state index < -0.39 is 22.1 Å². The molecule has 6 heteroatoms. The van der Waals surface area contributed by atoms with Crippen molar-refractivity contribution in [2.75, 3.05) is 0 Å². The lowest BCUT2D eigenvalue weighted by molar-refractivity contribution is -0.131. The monoisotopic (exact) mass is 448 g/mol. The molecule has 2 amide bonds. The Morgan fingerprint density at radius 2 is 1.58 bits per heavy atom. The third kappa shape index (κ3) is 2.70. The molecule has 2 unspecified atom stereocenters. The molecule has 1 aliphatic heterocycles. The Bertz CT molecular complexity index is 821. The first kappa shape index (κ1) is 16.9. The number of carbonyl (C=O) groups is 2. The largest absolute Gasteiger partial charge is 0.368 e. The smallest absolute Gasteiger partial charge is 0.251 e. The van der Waals surface area contributed by atoms with Crippen molar-refractivity contribution in [1.29, 1.82) is 0 Å². The molecule has 0 saturated heterocycles. The van der Waals surface area contributed by atoms with E-state index in [-0.39, 0.29) is 0 Å². The molecule has 0 fully saturated rings. The second kappa shape index (κ2) is 6.53. The third-order valence-corrected chi connectivity index (χ3v) is 6.08. The molecular weight excluding hydrogens is 436 g/mol. The highest BCUT2D eigenvalue weighted by atomic mass is 79.9. The van der Waals surface area contributed by atoms with Crippen LogP contribution in [0.5, 0.6) is 0 Å². The van der Waals surface area contributed by atoms with Crippen LogP contribution in [0.3, 0.4) is 0 Å². The summed E-state index contributed by atoms with van der Waals surface area (Å²) < 4.78 is -0.874. The molecule has 0 aliphatic carbocycles. The molecule has 3 N–H and O–H groups in total. The predicted octanol–water partition coefficient (Wildman–Crippen LogP) is 3.28. The van der Waals surface area contributed by atoms with Crippen LogP contribution in [0.4, 0.5) is 0 Å². The number of benzene rings is 2. The quantitative estimate of drug-likeness (QED) is 0.557. The van der Waals surface area contributed by atoms with E-state index >= 15 is 0 Å². The predicted molar refractivity (Wildman–Crippen MR) is 100 cm³/mol. The van der Waals surface area contributed by atoms with Gasteiger partial charge in [0.15, 0.2) is 4.32 Å². The minimum absolute atomic E-state index is 0.481. The van der Waals surface area contributed by atoms with E-state index in [1.807, 2.05) is 60.7 Å². The molecule has 0 saturated carbocycles. The molecule has 122 valence electrons. The molecule has 24 heavy (non-hydrogen) atoms. The minimum Gasteiger partial charge on any atom is -0.368 e. The fourth-order valence-corrected chi connectivity index (χ4v) is 4.64. The van der Waals surface area contributed by atoms with Crippen molar-refractivity contribution >= 4 is 49.4 Å². The second-order valence-corrected chi connectivity index (χ2v) is 7.57. The first-order valence-electron chi connectivity index (χ1n) is 7.26. The number of carbonyl (C=O) groups excluding carboxylic acids is 2. The van der Waals surface area contributed by atoms with Crippen LogP contribution >= 0.6 is 31.9 Å². The number of primary amides is 1. The molecule has 0 aromatic heterocycles. The number of nitrogens with one attached hydrogen (secondary N) is 1. The van der Waals surface area contributed by atoms with Crippen LogP contribution in [-0.4, -0.2) is 16.1 Å². The zero-order valence-electron chi connectivity index (χ0n) is 12.5. The Hall–Kier alpha value is -1.92. The fraction of sp³-hybridized carbons (Fsp3) is 0.111. The Balaban J connectivity index is 2.24. The van der Waals surface area contributed by atoms with Gasteiger partial charge in [-0.3, -0.25) is 9.59 Å². The normalized spacial score (nSPS) is 23.8. The lowest BCUT2D eigenvalue weighted by atomic mass is 9.81. The number of allylic oxidation sites excluding steroid dienone is 1. The van der Waals surface area contributed by atoms with Crippen molar-refractivity contribution in [1.82, 2.24) is 5.32 Å². The highest BCUT2D eigenvalue weighted by Gasteiger charge is 2.54. The summed E-state index contributed by atoms with van der Waals surface area (Å²) in [7, 11) is 0. The summed E-state index contributed by atoms with van der Waals surface area (Å²) in [6.45, 7) is 0. The van der Waals surface area contributed by atoms with Gasteiger partial charge < -0.3 is 11.1 Å². The number of alkyl halides is 1. The molecule has 1 heterocycles. The van der Waals surface area contributed by atoms with Crippen LogP contribution < -0.4 is 11.1 Å². The average Bonchev–Trinajstić information content (AvgIpc) is 2.60. The van der Waals surface area contributed by atoms with E-state index in [1.165, 1.54) is 0 Å². The van der Waals surface area contributed by atoms with Crippen molar-refractivity contribution in [3.05, 3.63) is 76.3 Å². The molecule has 2 aromatic carbocycles. The van der Waals surface area contributed by atoms with Gasteiger partial charge in [0.2, 0.25) is 5.91 Å². The maximum absolute atomic E-state index is 12.8. The lowest BCUT2D eigenvalue weighted by Crippen LogP contribution is -2.57. The first-order valence-corrected chi connectivity index (χ1v) is 8.85. The van der Waals surface area contributed by atoms with Gasteiger partial charge >= 0.3 is 0 Å². The molecule has 0 radical (unpaired) electrons. The standard InChI is InChI=1S/C18H14Br2N2O2/c19-14-13(11-7-3-1-4-8-11)18(20,16(21)23)17(24)22-15(14)12-9-5-2-6-10-12/h1-10,13H,(H2,21,23)(H,22,24). The van der Waals surface area contributed by atoms with E-state index in [4.69, 9.17) is 5.73 Å². The number of amides is 2. The zero-order chi connectivity index (χ0) is 17.3. The summed E-state index contributed by atoms with van der Waals surface area (Å²) >= 11 is 6.91. The average molecular weight is 450 g/mol. The van der Waals surface area contributed by atoms with Crippen molar-refractivity contribution in [3.8, 4) is 0 Å². The maximum atomic E-state index is 12.8. The topological polar surface area (TPSA) is 72.2 Å². The Morgan fingerprint density at radius 3 is 2.12 bits per heavy atom. The molecule has 4 nitrogen and oxygen atoms in total. The van der Waals surface area contributed by atoms with Gasteiger partial charge in [-0.15, -0.1) is 0 Å². The summed E-state index contributed by atoms with van der Waals surface area (Å²) in [6, 6.07) is 18.8. The summed E-state index contributed by atoms with van der Waals surface area (Å²) in [5.74, 6) is -1.79. The zero-order valence-corrected chi connectivity index (χ0v) is 15.7. The van der Waals surface area contributed by atoms with Crippen LogP contribution in [-0.2, 0) is 9.59 Å². The fourth-order valence-electron chi connectivity index (χ4n) is 2.80. The van der Waals surface area contributed by atoms with Crippen molar-refractivity contribution in [2.45, 2.75) is 10.2 Å². The molecule has 0 spiro atoms. The Morgan fingerprint density at radius 1 is 1.04 bits per heavy atom. The van der Waals surface area contributed by atoms with Crippen molar-refractivity contribution < 1.29 is 9.59 Å². The van der Waals surface area contributed by atoms with Gasteiger partial charge in [-0.1, -0.05) is 92.5 Å². The van der Waals surface area contributed by atoms with E-state index in [0.29, 0.717) is 10.2 Å². The molecule has 0 bridgehead atoms. The third-order valence-electron chi connectivity index (χ3n) is 4.01. The van der Waals surface area contributed by atoms with Gasteiger partial charge in [0, 0.05) is 4.48 Å². The van der Waals surface area contributed by atoms with Crippen LogP contribution in [0, 0.1) is 0 Å². The van der Waals surface area contributed by atoms with E-state index in [1.54, 1.807) is 0 Å². The maximum Gasteiger partial charge on any atom is 0.251 e. The summed E-state index contributed by atoms with van der Waals surface area (Å²) in [6.07, 6.45) is 0. The highest BCUT2D eigenvalue weighted by Crippen LogP contribution is 2.48. The summed E-state index contributed by atoms with van der Waals surface area (Å²) in [5.41, 5.74) is 7.86. The number of rotatable bonds is 3. The molecule has 2 atom stereocenters. The van der Waals surface area contributed by atoms with Crippen molar-refractivity contribution in [3.63, 3.8) is 0 Å². The van der Waals surface area contributed by atoms with Crippen LogP contribution in [0.2, 0.25) is 0 Å². The van der Waals surface area contributed by atoms with Gasteiger partial charge in [-0.2, -0.15) is 0 Å². The number of halogens is 2. The van der Waals surface area contributed by atoms with E-state index in [2.05, 4.69) is 37.2 Å². The lowest BCUT2D eigenvalue weighted by Gasteiger charge is -2.37. The molecule has 3 rings (SSSR count). The second-order valence-electron chi connectivity index (χ2n) is 5.46. The molecule has 2 aromatic rings. The van der Waals surface area contributed by atoms with Crippen molar-refractivity contribution in [2.24, 2.45) is 5.73 Å². The SMILES string of the molecule is NC(=O)C1(Br)C(=O)NC(c2ccccc2)=C(Br)C1c1ccccc1. The van der Waals surface area contributed by atoms with Gasteiger partial charge in [-0.25, -0.2) is 0 Å². The summed E-state index contributed by atoms with van der Waals surface area (Å²) in [4.78, 5) is 24.9. The van der Waals surface area contributed by atoms with Gasteiger partial charge in [0.05, 0.1) is 11.6 Å². The van der Waals surface area contributed by atoms with Crippen LogP contribution in [0.1, 0.15) is 17.0 Å². The van der Waals surface area contributed by atoms with Gasteiger partial charge in [-0.05, 0) is 11.1 Å². The Kier molecular flexibility index (Phi) is 4.60. The van der Waals surface area contributed by atoms with Gasteiger partial charge in [0.25, 0.3) is 5.91 Å². The van der Waals surface area contributed by atoms with E-state index in [0.717, 1.165) is 11.1 Å². The number of hydrogen-bond donors (Lipinski definition) is 2. The Labute approximate surface area is 156 Å². The highest BCUT2D eigenvalue weighted by molar-refractivity contribution is 9.12. The number of nitrogens with two attached hydrogens (primary N) is 1. The number of hydrogen-bond acceptors (Lipinski definition) is 2. The van der Waals surface area contributed by atoms with Crippen LogP contribution in [0.25, 0.3) is 5.70 Å². The molecule has 1 aliphatic rings. The summed E-state index contributed by atoms with van der Waals surface area (Å²) in [5, 5.41) is 2.80. The van der Waals surface area contributed by atoms with E-state index in [9.17, 15) is 9.59 Å². The van der Waals surface area contributed by atoms with Crippen LogP contribution in [0.15, 0.2) is 65.1 Å².